The van der Waals surface area contributed by atoms with Gasteiger partial charge in [0.05, 0.1) is 12.2 Å². The molecule has 0 saturated heterocycles. The number of amides is 2. The molecule has 0 radical (unpaired) electrons. The Bertz CT molecular complexity index is 776. The van der Waals surface area contributed by atoms with Gasteiger partial charge in [0, 0.05) is 36.8 Å². The predicted octanol–water partition coefficient (Wildman–Crippen LogP) is 3.66. The van der Waals surface area contributed by atoms with Crippen molar-refractivity contribution in [2.24, 2.45) is 0 Å². The molecule has 0 aliphatic heterocycles. The molecule has 7 nitrogen and oxygen atoms in total. The van der Waals surface area contributed by atoms with Crippen LogP contribution in [0.4, 0.5) is 11.4 Å². The van der Waals surface area contributed by atoms with Crippen LogP contribution in [0.3, 0.4) is 0 Å². The first-order valence-corrected chi connectivity index (χ1v) is 10.2. The van der Waals surface area contributed by atoms with Crippen molar-refractivity contribution in [2.75, 3.05) is 30.3 Å². The Morgan fingerprint density at radius 3 is 2.39 bits per heavy atom. The number of benzene rings is 1. The van der Waals surface area contributed by atoms with E-state index in [9.17, 15) is 9.59 Å². The Hall–Kier alpha value is -2.29. The fraction of sp³-hybridized carbons (Fsp3) is 0.450. The second-order valence-corrected chi connectivity index (χ2v) is 7.27. The summed E-state index contributed by atoms with van der Waals surface area (Å²) < 4.78 is 5.58. The molecule has 2 N–H and O–H groups in total. The lowest BCUT2D eigenvalue weighted by molar-refractivity contribution is -0.117. The highest BCUT2D eigenvalue weighted by molar-refractivity contribution is 7.09. The summed E-state index contributed by atoms with van der Waals surface area (Å²) in [6.07, 6.45) is -0.0115. The molecule has 0 saturated carbocycles. The number of thiazole rings is 1. The van der Waals surface area contributed by atoms with Gasteiger partial charge in [-0.2, -0.15) is 0 Å². The number of aromatic nitrogens is 1. The maximum atomic E-state index is 12.4. The monoisotopic (exact) mass is 404 g/mol. The number of anilines is 2. The molecule has 1 aromatic heterocycles. The number of nitrogens with one attached hydrogen (secondary N) is 2. The highest BCUT2D eigenvalue weighted by atomic mass is 32.1. The van der Waals surface area contributed by atoms with Gasteiger partial charge >= 0.3 is 0 Å². The summed E-state index contributed by atoms with van der Waals surface area (Å²) in [5.74, 6) is -0.219. The zero-order valence-electron chi connectivity index (χ0n) is 16.8. The fourth-order valence-electron chi connectivity index (χ4n) is 2.66. The van der Waals surface area contributed by atoms with Crippen molar-refractivity contribution in [2.45, 2.75) is 40.3 Å². The smallest absolute Gasteiger partial charge is 0.238 e. The standard InChI is InChI=1S/C20H28N4O3S/c1-5-24(11-18-13-28-20(23-18)14(3)27-6-2)12-19(26)22-17-9-7-16(8-10-17)21-15(4)25/h7-10,13-14H,5-6,11-12H2,1-4H3,(H,21,25)(H,22,26). The first-order chi connectivity index (χ1) is 13.4. The third-order valence-electron chi connectivity index (χ3n) is 4.02. The van der Waals surface area contributed by atoms with Gasteiger partial charge in [-0.25, -0.2) is 4.98 Å². The summed E-state index contributed by atoms with van der Waals surface area (Å²) in [5, 5.41) is 8.55. The van der Waals surface area contributed by atoms with E-state index in [1.54, 1.807) is 35.6 Å². The first-order valence-electron chi connectivity index (χ1n) is 9.37. The van der Waals surface area contributed by atoms with E-state index in [0.29, 0.717) is 24.5 Å². The minimum absolute atomic E-state index is 0.0115. The van der Waals surface area contributed by atoms with Crippen molar-refractivity contribution in [1.29, 1.82) is 0 Å². The van der Waals surface area contributed by atoms with Crippen LogP contribution in [-0.4, -0.2) is 41.4 Å². The second kappa shape index (κ2) is 10.9. The van der Waals surface area contributed by atoms with Crippen LogP contribution < -0.4 is 10.6 Å². The Morgan fingerprint density at radius 1 is 1.18 bits per heavy atom. The summed E-state index contributed by atoms with van der Waals surface area (Å²) >= 11 is 1.58. The number of rotatable bonds is 10. The van der Waals surface area contributed by atoms with Crippen LogP contribution in [0.15, 0.2) is 29.6 Å². The van der Waals surface area contributed by atoms with Crippen LogP contribution in [0, 0.1) is 0 Å². The van der Waals surface area contributed by atoms with Crippen molar-refractivity contribution >= 4 is 34.5 Å². The van der Waals surface area contributed by atoms with Crippen molar-refractivity contribution in [3.8, 4) is 0 Å². The number of carbonyl (C=O) groups is 2. The Balaban J connectivity index is 1.88. The topological polar surface area (TPSA) is 83.6 Å². The molecule has 0 bridgehead atoms. The largest absolute Gasteiger partial charge is 0.372 e. The lowest BCUT2D eigenvalue weighted by Gasteiger charge is -2.19. The molecule has 1 atom stereocenters. The third kappa shape index (κ3) is 7.03. The third-order valence-corrected chi connectivity index (χ3v) is 5.08. The fourth-order valence-corrected chi connectivity index (χ4v) is 3.47. The van der Waals surface area contributed by atoms with E-state index in [2.05, 4.69) is 15.6 Å². The van der Waals surface area contributed by atoms with Gasteiger partial charge in [-0.1, -0.05) is 6.92 Å². The van der Waals surface area contributed by atoms with Crippen LogP contribution in [0.2, 0.25) is 0 Å². The molecule has 2 aromatic rings. The van der Waals surface area contributed by atoms with Crippen molar-refractivity contribution in [3.05, 3.63) is 40.3 Å². The average Bonchev–Trinajstić information content (AvgIpc) is 3.11. The molecule has 1 unspecified atom stereocenters. The van der Waals surface area contributed by atoms with Gasteiger partial charge in [0.25, 0.3) is 0 Å². The number of hydrogen-bond acceptors (Lipinski definition) is 6. The molecular formula is C20H28N4O3S. The van der Waals surface area contributed by atoms with Crippen molar-refractivity contribution in [3.63, 3.8) is 0 Å². The van der Waals surface area contributed by atoms with E-state index in [-0.39, 0.29) is 24.5 Å². The van der Waals surface area contributed by atoms with E-state index >= 15 is 0 Å². The number of hydrogen-bond donors (Lipinski definition) is 2. The summed E-state index contributed by atoms with van der Waals surface area (Å²) in [7, 11) is 0. The van der Waals surface area contributed by atoms with Gasteiger partial charge in [-0.05, 0) is 44.7 Å². The minimum atomic E-state index is -0.128. The summed E-state index contributed by atoms with van der Waals surface area (Å²) in [6, 6.07) is 7.04. The maximum absolute atomic E-state index is 12.4. The second-order valence-electron chi connectivity index (χ2n) is 6.38. The number of likely N-dealkylation sites (N-methyl/N-ethyl adjacent to an activating group) is 1. The van der Waals surface area contributed by atoms with Gasteiger partial charge in [0.1, 0.15) is 11.1 Å². The number of nitrogens with zero attached hydrogens (tertiary/aromatic N) is 2. The summed E-state index contributed by atoms with van der Waals surface area (Å²) in [5.41, 5.74) is 2.33. The Labute approximate surface area is 170 Å². The van der Waals surface area contributed by atoms with E-state index in [4.69, 9.17) is 4.74 Å². The van der Waals surface area contributed by atoms with Gasteiger partial charge in [0.15, 0.2) is 0 Å². The van der Waals surface area contributed by atoms with Gasteiger partial charge in [0.2, 0.25) is 11.8 Å². The quantitative estimate of drug-likeness (QED) is 0.631. The van der Waals surface area contributed by atoms with Gasteiger partial charge < -0.3 is 15.4 Å². The maximum Gasteiger partial charge on any atom is 0.238 e. The summed E-state index contributed by atoms with van der Waals surface area (Å²) in [6.45, 7) is 9.72. The van der Waals surface area contributed by atoms with Crippen molar-refractivity contribution < 1.29 is 14.3 Å². The lowest BCUT2D eigenvalue weighted by atomic mass is 10.2. The van der Waals surface area contributed by atoms with E-state index in [1.165, 1.54) is 6.92 Å². The van der Waals surface area contributed by atoms with Crippen LogP contribution in [0.5, 0.6) is 0 Å². The van der Waals surface area contributed by atoms with Gasteiger partial charge in [-0.15, -0.1) is 11.3 Å². The molecule has 2 rings (SSSR count). The highest BCUT2D eigenvalue weighted by Crippen LogP contribution is 2.21. The molecule has 28 heavy (non-hydrogen) atoms. The lowest BCUT2D eigenvalue weighted by Crippen LogP contribution is -2.32. The molecule has 2 amide bonds. The van der Waals surface area contributed by atoms with Crippen molar-refractivity contribution in [1.82, 2.24) is 9.88 Å². The summed E-state index contributed by atoms with van der Waals surface area (Å²) in [4.78, 5) is 30.1. The molecule has 1 aromatic carbocycles. The average molecular weight is 405 g/mol. The zero-order valence-corrected chi connectivity index (χ0v) is 17.6. The molecule has 8 heteroatoms. The van der Waals surface area contributed by atoms with Crippen LogP contribution in [-0.2, 0) is 20.9 Å². The molecule has 152 valence electrons. The van der Waals surface area contributed by atoms with Crippen LogP contribution in [0.25, 0.3) is 0 Å². The van der Waals surface area contributed by atoms with Gasteiger partial charge in [-0.3, -0.25) is 14.5 Å². The SMILES string of the molecule is CCOC(C)c1nc(CN(CC)CC(=O)Nc2ccc(NC(C)=O)cc2)cs1. The molecule has 0 spiro atoms. The molecular weight excluding hydrogens is 376 g/mol. The normalized spacial score (nSPS) is 12.0. The zero-order chi connectivity index (χ0) is 20.5. The Morgan fingerprint density at radius 2 is 1.82 bits per heavy atom. The number of ether oxygens (including phenoxy) is 1. The van der Waals surface area contributed by atoms with E-state index in [1.807, 2.05) is 31.1 Å². The van der Waals surface area contributed by atoms with Crippen LogP contribution in [0.1, 0.15) is 44.5 Å². The van der Waals surface area contributed by atoms with E-state index in [0.717, 1.165) is 17.2 Å². The highest BCUT2D eigenvalue weighted by Gasteiger charge is 2.14. The minimum Gasteiger partial charge on any atom is -0.372 e. The predicted molar refractivity (Wildman–Crippen MR) is 112 cm³/mol. The Kier molecular flexibility index (Phi) is 8.56. The number of carbonyl (C=O) groups excluding carboxylic acids is 2. The molecule has 0 fully saturated rings. The van der Waals surface area contributed by atoms with E-state index < -0.39 is 0 Å². The first kappa shape index (κ1) is 22.0. The molecule has 0 aliphatic rings. The molecule has 1 heterocycles. The van der Waals surface area contributed by atoms with Crippen LogP contribution >= 0.6 is 11.3 Å². The molecule has 0 aliphatic carbocycles.